The second-order valence-electron chi connectivity index (χ2n) is 6.25. The van der Waals surface area contributed by atoms with Crippen molar-refractivity contribution in [3.63, 3.8) is 0 Å². The zero-order chi connectivity index (χ0) is 16.2. The first-order valence-corrected chi connectivity index (χ1v) is 8.68. The van der Waals surface area contributed by atoms with Crippen LogP contribution in [0.15, 0.2) is 54.6 Å². The topological polar surface area (TPSA) is 41.1 Å². The quantitative estimate of drug-likeness (QED) is 0.561. The second kappa shape index (κ2) is 10.00. The molecule has 1 aromatic heterocycles. The van der Waals surface area contributed by atoms with E-state index in [0.29, 0.717) is 0 Å². The number of likely N-dealkylation sites (tertiary alicyclic amines) is 1. The molecule has 1 fully saturated rings. The Morgan fingerprint density at radius 2 is 1.54 bits per heavy atom. The van der Waals surface area contributed by atoms with Crippen LogP contribution in [0.5, 0.6) is 0 Å². The van der Waals surface area contributed by atoms with Crippen LogP contribution >= 0.6 is 34.0 Å². The average molecular weight is 480 g/mol. The van der Waals surface area contributed by atoms with Gasteiger partial charge in [-0.3, -0.25) is 0 Å². The third kappa shape index (κ3) is 4.81. The van der Waals surface area contributed by atoms with E-state index in [1.807, 2.05) is 30.3 Å². The summed E-state index contributed by atoms with van der Waals surface area (Å²) >= 11 is 0. The fourth-order valence-corrected chi connectivity index (χ4v) is 3.27. The zero-order valence-corrected chi connectivity index (χ0v) is 18.0. The standard InChI is InChI=1S/C20H22N4.2BrH/c1-2-8-16(9-3-1)19-22-18-11-5-4-10-17(18)20(23-19)21-12-15-24-13-6-7-14-24;;/h1-5,8-11H,6-7,12-15H2,(H,21,22,23);2*1H. The summed E-state index contributed by atoms with van der Waals surface area (Å²) in [7, 11) is 0. The molecule has 0 radical (unpaired) electrons. The summed E-state index contributed by atoms with van der Waals surface area (Å²) in [6, 6.07) is 18.4. The van der Waals surface area contributed by atoms with Crippen LogP contribution in [0.4, 0.5) is 5.82 Å². The number of anilines is 1. The first-order chi connectivity index (χ1) is 11.9. The van der Waals surface area contributed by atoms with Crippen LogP contribution in [0.25, 0.3) is 22.3 Å². The number of hydrogen-bond acceptors (Lipinski definition) is 4. The first kappa shape index (κ1) is 20.8. The molecular formula is C20H24Br2N4. The number of aromatic nitrogens is 2. The van der Waals surface area contributed by atoms with Crippen molar-refractivity contribution in [2.24, 2.45) is 0 Å². The van der Waals surface area contributed by atoms with Crippen molar-refractivity contribution in [3.8, 4) is 11.4 Å². The van der Waals surface area contributed by atoms with Crippen LogP contribution in [0, 0.1) is 0 Å². The van der Waals surface area contributed by atoms with Crippen molar-refractivity contribution in [1.29, 1.82) is 0 Å². The lowest BCUT2D eigenvalue weighted by Gasteiger charge is -2.16. The monoisotopic (exact) mass is 478 g/mol. The Bertz CT molecular complexity index is 820. The van der Waals surface area contributed by atoms with Gasteiger partial charge in [0, 0.05) is 24.0 Å². The van der Waals surface area contributed by atoms with Crippen molar-refractivity contribution in [3.05, 3.63) is 54.6 Å². The van der Waals surface area contributed by atoms with Crippen LogP contribution in [0.3, 0.4) is 0 Å². The molecule has 0 unspecified atom stereocenters. The van der Waals surface area contributed by atoms with E-state index in [2.05, 4.69) is 34.5 Å². The molecule has 1 saturated heterocycles. The summed E-state index contributed by atoms with van der Waals surface area (Å²) in [6.07, 6.45) is 2.66. The molecule has 6 heteroatoms. The first-order valence-electron chi connectivity index (χ1n) is 8.68. The predicted octanol–water partition coefficient (Wildman–Crippen LogP) is 4.96. The minimum atomic E-state index is 0. The molecule has 2 aromatic carbocycles. The van der Waals surface area contributed by atoms with Crippen molar-refractivity contribution in [1.82, 2.24) is 14.9 Å². The molecule has 0 atom stereocenters. The number of benzene rings is 2. The van der Waals surface area contributed by atoms with Gasteiger partial charge in [-0.1, -0.05) is 42.5 Å². The Morgan fingerprint density at radius 1 is 0.846 bits per heavy atom. The molecule has 1 aliphatic heterocycles. The summed E-state index contributed by atoms with van der Waals surface area (Å²) in [6.45, 7) is 4.43. The van der Waals surface area contributed by atoms with Gasteiger partial charge in [-0.05, 0) is 38.1 Å². The van der Waals surface area contributed by atoms with E-state index < -0.39 is 0 Å². The summed E-state index contributed by atoms with van der Waals surface area (Å²) in [5.74, 6) is 1.71. The number of rotatable bonds is 5. The van der Waals surface area contributed by atoms with E-state index in [0.717, 1.165) is 41.2 Å². The highest BCUT2D eigenvalue weighted by molar-refractivity contribution is 8.93. The fraction of sp³-hybridized carbons (Fsp3) is 0.300. The number of hydrogen-bond donors (Lipinski definition) is 1. The maximum atomic E-state index is 4.79. The number of fused-ring (bicyclic) bond motifs is 1. The highest BCUT2D eigenvalue weighted by atomic mass is 79.9. The molecular weight excluding hydrogens is 456 g/mol. The number of nitrogens with zero attached hydrogens (tertiary/aromatic N) is 3. The molecule has 0 aliphatic carbocycles. The second-order valence-corrected chi connectivity index (χ2v) is 6.25. The molecule has 138 valence electrons. The molecule has 4 rings (SSSR count). The Morgan fingerprint density at radius 3 is 2.31 bits per heavy atom. The normalized spacial score (nSPS) is 13.8. The zero-order valence-electron chi connectivity index (χ0n) is 14.6. The largest absolute Gasteiger partial charge is 0.368 e. The van der Waals surface area contributed by atoms with Crippen LogP contribution in [0.2, 0.25) is 0 Å². The Hall–Kier alpha value is -1.50. The fourth-order valence-electron chi connectivity index (χ4n) is 3.27. The van der Waals surface area contributed by atoms with E-state index in [-0.39, 0.29) is 34.0 Å². The van der Waals surface area contributed by atoms with Crippen molar-refractivity contribution in [2.75, 3.05) is 31.5 Å². The van der Waals surface area contributed by atoms with Gasteiger partial charge in [-0.2, -0.15) is 0 Å². The van der Waals surface area contributed by atoms with Crippen LogP contribution < -0.4 is 5.32 Å². The molecule has 26 heavy (non-hydrogen) atoms. The third-order valence-corrected chi connectivity index (χ3v) is 4.55. The van der Waals surface area contributed by atoms with E-state index in [1.165, 1.54) is 25.9 Å². The minimum absolute atomic E-state index is 0. The van der Waals surface area contributed by atoms with Crippen molar-refractivity contribution in [2.45, 2.75) is 12.8 Å². The van der Waals surface area contributed by atoms with Gasteiger partial charge >= 0.3 is 0 Å². The van der Waals surface area contributed by atoms with Gasteiger partial charge < -0.3 is 10.2 Å². The maximum absolute atomic E-state index is 4.79. The third-order valence-electron chi connectivity index (χ3n) is 4.55. The SMILES string of the molecule is Br.Br.c1ccc(-c2nc(NCCN3CCCC3)c3ccccc3n2)cc1. The molecule has 1 N–H and O–H groups in total. The van der Waals surface area contributed by atoms with E-state index in [1.54, 1.807) is 0 Å². The van der Waals surface area contributed by atoms with E-state index in [9.17, 15) is 0 Å². The summed E-state index contributed by atoms with van der Waals surface area (Å²) in [5, 5.41) is 4.61. The van der Waals surface area contributed by atoms with Gasteiger partial charge in [0.15, 0.2) is 5.82 Å². The van der Waals surface area contributed by atoms with Gasteiger partial charge in [0.1, 0.15) is 5.82 Å². The lowest BCUT2D eigenvalue weighted by molar-refractivity contribution is 0.352. The Kier molecular flexibility index (Phi) is 8.00. The smallest absolute Gasteiger partial charge is 0.162 e. The van der Waals surface area contributed by atoms with Crippen LogP contribution in [-0.4, -0.2) is 41.0 Å². The molecule has 0 saturated carbocycles. The Labute approximate surface area is 175 Å². The molecule has 3 aromatic rings. The average Bonchev–Trinajstić information content (AvgIpc) is 3.16. The predicted molar refractivity (Wildman–Crippen MR) is 120 cm³/mol. The van der Waals surface area contributed by atoms with Gasteiger partial charge in [-0.15, -0.1) is 34.0 Å². The molecule has 4 nitrogen and oxygen atoms in total. The van der Waals surface area contributed by atoms with Gasteiger partial charge in [-0.25, -0.2) is 9.97 Å². The highest BCUT2D eigenvalue weighted by Crippen LogP contribution is 2.24. The van der Waals surface area contributed by atoms with Gasteiger partial charge in [0.2, 0.25) is 0 Å². The Balaban J connectivity index is 0.00000121. The number of para-hydroxylation sites is 1. The van der Waals surface area contributed by atoms with Gasteiger partial charge in [0.25, 0.3) is 0 Å². The summed E-state index contributed by atoms with van der Waals surface area (Å²) < 4.78 is 0. The number of halogens is 2. The maximum Gasteiger partial charge on any atom is 0.162 e. The van der Waals surface area contributed by atoms with Crippen LogP contribution in [-0.2, 0) is 0 Å². The van der Waals surface area contributed by atoms with E-state index >= 15 is 0 Å². The number of nitrogens with one attached hydrogen (secondary N) is 1. The summed E-state index contributed by atoms with van der Waals surface area (Å²) in [4.78, 5) is 12.0. The molecule has 0 spiro atoms. The summed E-state index contributed by atoms with van der Waals surface area (Å²) in [5.41, 5.74) is 2.03. The van der Waals surface area contributed by atoms with Crippen molar-refractivity contribution >= 4 is 50.7 Å². The van der Waals surface area contributed by atoms with E-state index in [4.69, 9.17) is 9.97 Å². The molecule has 1 aliphatic rings. The molecule has 0 amide bonds. The lowest BCUT2D eigenvalue weighted by Crippen LogP contribution is -2.26. The van der Waals surface area contributed by atoms with Crippen molar-refractivity contribution < 1.29 is 0 Å². The highest BCUT2D eigenvalue weighted by Gasteiger charge is 2.12. The molecule has 2 heterocycles. The molecule has 0 bridgehead atoms. The minimum Gasteiger partial charge on any atom is -0.368 e. The van der Waals surface area contributed by atoms with Crippen LogP contribution in [0.1, 0.15) is 12.8 Å². The van der Waals surface area contributed by atoms with Gasteiger partial charge in [0.05, 0.1) is 5.52 Å². The lowest BCUT2D eigenvalue weighted by atomic mass is 10.2.